The third-order valence-electron chi connectivity index (χ3n) is 2.67. The molecule has 1 aromatic carbocycles. The molecule has 0 saturated carbocycles. The van der Waals surface area contributed by atoms with Crippen molar-refractivity contribution in [1.82, 2.24) is 4.90 Å². The molecule has 0 aliphatic carbocycles. The first-order valence-electron chi connectivity index (χ1n) is 6.28. The summed E-state index contributed by atoms with van der Waals surface area (Å²) in [4.78, 5) is 24.7. The lowest BCUT2D eigenvalue weighted by Gasteiger charge is -2.16. The van der Waals surface area contributed by atoms with Gasteiger partial charge < -0.3 is 14.4 Å². The van der Waals surface area contributed by atoms with E-state index in [4.69, 9.17) is 9.47 Å². The van der Waals surface area contributed by atoms with E-state index in [-0.39, 0.29) is 5.91 Å². The van der Waals surface area contributed by atoms with Crippen molar-refractivity contribution < 1.29 is 19.1 Å². The molecular weight excluding hydrogens is 338 g/mol. The van der Waals surface area contributed by atoms with Crippen LogP contribution in [0.1, 0.15) is 12.5 Å². The summed E-state index contributed by atoms with van der Waals surface area (Å²) in [5.41, 5.74) is 0.732. The molecule has 5 nitrogen and oxygen atoms in total. The molecule has 0 radical (unpaired) electrons. The third-order valence-corrected chi connectivity index (χ3v) is 3.17. The Bertz CT molecular complexity index is 555. The van der Waals surface area contributed by atoms with E-state index in [1.165, 1.54) is 17.9 Å². The van der Waals surface area contributed by atoms with E-state index in [9.17, 15) is 9.59 Å². The summed E-state index contributed by atoms with van der Waals surface area (Å²) in [6.07, 6.45) is 2.03. The van der Waals surface area contributed by atoms with Crippen LogP contribution in [0.4, 0.5) is 0 Å². The molecule has 0 aromatic heterocycles. The van der Waals surface area contributed by atoms with Gasteiger partial charge in [0.05, 0.1) is 7.11 Å². The van der Waals surface area contributed by atoms with Crippen molar-refractivity contribution >= 4 is 33.9 Å². The molecule has 0 fully saturated rings. The number of carbonyl (C=O) groups is 2. The maximum absolute atomic E-state index is 11.7. The Kier molecular flexibility index (Phi) is 6.42. The van der Waals surface area contributed by atoms with Crippen LogP contribution in [-0.2, 0) is 14.3 Å². The molecule has 1 aromatic rings. The number of benzene rings is 1. The second-order valence-electron chi connectivity index (χ2n) is 4.53. The van der Waals surface area contributed by atoms with Crippen molar-refractivity contribution in [2.75, 3.05) is 21.2 Å². The van der Waals surface area contributed by atoms with Crippen molar-refractivity contribution in [2.45, 2.75) is 13.0 Å². The van der Waals surface area contributed by atoms with Gasteiger partial charge in [0.1, 0.15) is 5.75 Å². The first-order valence-corrected chi connectivity index (χ1v) is 7.08. The molecule has 114 valence electrons. The lowest BCUT2D eigenvalue weighted by atomic mass is 10.2. The molecule has 0 N–H and O–H groups in total. The fourth-order valence-corrected chi connectivity index (χ4v) is 2.00. The Morgan fingerprint density at radius 2 is 2.00 bits per heavy atom. The minimum Gasteiger partial charge on any atom is -0.496 e. The molecule has 0 saturated heterocycles. The van der Waals surface area contributed by atoms with Gasteiger partial charge in [-0.2, -0.15) is 0 Å². The quantitative estimate of drug-likeness (QED) is 0.601. The van der Waals surface area contributed by atoms with Gasteiger partial charge in [0.25, 0.3) is 5.91 Å². The maximum atomic E-state index is 11.7. The Morgan fingerprint density at radius 1 is 1.33 bits per heavy atom. The van der Waals surface area contributed by atoms with Gasteiger partial charge in [-0.1, -0.05) is 15.9 Å². The first-order chi connectivity index (χ1) is 9.85. The van der Waals surface area contributed by atoms with Gasteiger partial charge in [-0.25, -0.2) is 4.79 Å². The normalized spacial score (nSPS) is 12.0. The van der Waals surface area contributed by atoms with Crippen LogP contribution in [0, 0.1) is 0 Å². The van der Waals surface area contributed by atoms with E-state index in [0.29, 0.717) is 5.75 Å². The van der Waals surface area contributed by atoms with Gasteiger partial charge in [0, 0.05) is 30.2 Å². The number of likely N-dealkylation sites (N-methyl/N-ethyl adjacent to an activating group) is 1. The largest absolute Gasteiger partial charge is 0.496 e. The molecule has 0 aliphatic rings. The first kappa shape index (κ1) is 17.2. The minimum absolute atomic E-state index is 0.267. The lowest BCUT2D eigenvalue weighted by Crippen LogP contribution is -2.34. The van der Waals surface area contributed by atoms with E-state index >= 15 is 0 Å². The molecule has 0 bridgehead atoms. The van der Waals surface area contributed by atoms with Crippen LogP contribution < -0.4 is 4.74 Å². The summed E-state index contributed by atoms with van der Waals surface area (Å²) in [6.45, 7) is 1.54. The Morgan fingerprint density at radius 3 is 2.57 bits per heavy atom. The van der Waals surface area contributed by atoms with Gasteiger partial charge in [0.15, 0.2) is 6.10 Å². The van der Waals surface area contributed by atoms with E-state index < -0.39 is 12.1 Å². The number of hydrogen-bond donors (Lipinski definition) is 0. The molecule has 21 heavy (non-hydrogen) atoms. The number of amides is 1. The maximum Gasteiger partial charge on any atom is 0.331 e. The molecular formula is C15H18BrNO4. The average molecular weight is 356 g/mol. The van der Waals surface area contributed by atoms with Crippen molar-refractivity contribution in [1.29, 1.82) is 0 Å². The molecule has 0 heterocycles. The highest BCUT2D eigenvalue weighted by atomic mass is 79.9. The number of ether oxygens (including phenoxy) is 2. The predicted molar refractivity (Wildman–Crippen MR) is 84.0 cm³/mol. The topological polar surface area (TPSA) is 55.8 Å². The van der Waals surface area contributed by atoms with Crippen LogP contribution in [0.3, 0.4) is 0 Å². The van der Waals surface area contributed by atoms with Crippen LogP contribution in [0.25, 0.3) is 6.08 Å². The Balaban J connectivity index is 2.75. The fourth-order valence-electron chi connectivity index (χ4n) is 1.62. The number of hydrogen-bond acceptors (Lipinski definition) is 4. The predicted octanol–water partition coefficient (Wildman–Crippen LogP) is 2.49. The summed E-state index contributed by atoms with van der Waals surface area (Å²) in [6, 6.07) is 5.44. The van der Waals surface area contributed by atoms with Gasteiger partial charge in [-0.3, -0.25) is 4.79 Å². The molecule has 0 aliphatic heterocycles. The highest BCUT2D eigenvalue weighted by Crippen LogP contribution is 2.24. The molecule has 1 rings (SSSR count). The van der Waals surface area contributed by atoms with Crippen molar-refractivity contribution in [3.8, 4) is 5.75 Å². The van der Waals surface area contributed by atoms with E-state index in [2.05, 4.69) is 15.9 Å². The summed E-state index contributed by atoms with van der Waals surface area (Å²) in [5.74, 6) is -0.212. The van der Waals surface area contributed by atoms with Gasteiger partial charge in [-0.15, -0.1) is 0 Å². The Labute approximate surface area is 132 Å². The number of halogens is 1. The number of methoxy groups -OCH3 is 1. The minimum atomic E-state index is -0.818. The summed E-state index contributed by atoms with van der Waals surface area (Å²) < 4.78 is 11.1. The van der Waals surface area contributed by atoms with Gasteiger partial charge >= 0.3 is 5.97 Å². The second-order valence-corrected chi connectivity index (χ2v) is 5.45. The molecule has 0 spiro atoms. The van der Waals surface area contributed by atoms with Gasteiger partial charge in [0.2, 0.25) is 0 Å². The van der Waals surface area contributed by atoms with Crippen molar-refractivity contribution in [3.05, 3.63) is 34.3 Å². The van der Waals surface area contributed by atoms with Crippen LogP contribution in [-0.4, -0.2) is 44.1 Å². The molecule has 1 atom stereocenters. The zero-order valence-corrected chi connectivity index (χ0v) is 14.0. The van der Waals surface area contributed by atoms with Crippen LogP contribution >= 0.6 is 15.9 Å². The summed E-state index contributed by atoms with van der Waals surface area (Å²) in [5, 5.41) is 0. The molecule has 1 unspecified atom stereocenters. The number of carbonyl (C=O) groups excluding carboxylic acids is 2. The van der Waals surface area contributed by atoms with Crippen molar-refractivity contribution in [2.24, 2.45) is 0 Å². The highest BCUT2D eigenvalue weighted by Gasteiger charge is 2.17. The number of nitrogens with zero attached hydrogens (tertiary/aromatic N) is 1. The average Bonchev–Trinajstić information content (AvgIpc) is 2.44. The highest BCUT2D eigenvalue weighted by molar-refractivity contribution is 9.10. The number of esters is 1. The fraction of sp³-hybridized carbons (Fsp3) is 0.333. The Hall–Kier alpha value is -1.82. The zero-order chi connectivity index (χ0) is 16.0. The number of rotatable bonds is 5. The standard InChI is InChI=1S/C15H18BrNO4/c1-10(15(19)17(2)3)21-14(18)8-5-11-9-12(16)6-7-13(11)20-4/h5-10H,1-4H3/b8-5+. The van der Waals surface area contributed by atoms with Crippen LogP contribution in [0.15, 0.2) is 28.7 Å². The van der Waals surface area contributed by atoms with Crippen molar-refractivity contribution in [3.63, 3.8) is 0 Å². The summed E-state index contributed by atoms with van der Waals surface area (Å²) >= 11 is 3.35. The monoisotopic (exact) mass is 355 g/mol. The SMILES string of the molecule is COc1ccc(Br)cc1/C=C/C(=O)OC(C)C(=O)N(C)C. The smallest absolute Gasteiger partial charge is 0.331 e. The van der Waals surface area contributed by atoms with E-state index in [1.807, 2.05) is 12.1 Å². The zero-order valence-electron chi connectivity index (χ0n) is 12.4. The lowest BCUT2D eigenvalue weighted by molar-refractivity contribution is -0.153. The molecule has 1 amide bonds. The van der Waals surface area contributed by atoms with E-state index in [0.717, 1.165) is 10.0 Å². The third kappa shape index (κ3) is 5.23. The molecule has 6 heteroatoms. The second kappa shape index (κ2) is 7.83. The van der Waals surface area contributed by atoms with Crippen LogP contribution in [0.5, 0.6) is 5.75 Å². The van der Waals surface area contributed by atoms with Crippen LogP contribution in [0.2, 0.25) is 0 Å². The van der Waals surface area contributed by atoms with E-state index in [1.54, 1.807) is 33.3 Å². The van der Waals surface area contributed by atoms with Gasteiger partial charge in [-0.05, 0) is 31.2 Å². The summed E-state index contributed by atoms with van der Waals surface area (Å²) in [7, 11) is 4.76.